The van der Waals surface area contributed by atoms with Gasteiger partial charge < -0.3 is 5.11 Å². The predicted octanol–water partition coefficient (Wildman–Crippen LogP) is 4.40. The Hall–Kier alpha value is -2.38. The lowest BCUT2D eigenvalue weighted by atomic mass is 10.1. The van der Waals surface area contributed by atoms with Crippen LogP contribution in [0.5, 0.6) is 0 Å². The monoisotopic (exact) mass is 369 g/mol. The lowest BCUT2D eigenvalue weighted by Crippen LogP contribution is -2.09. The smallest absolute Gasteiger partial charge is 0.400 e. The molecular weight excluding hydrogens is 355 g/mol. The molecule has 0 aliphatic carbocycles. The Morgan fingerprint density at radius 3 is 2.60 bits per heavy atom. The number of rotatable bonds is 3. The van der Waals surface area contributed by atoms with Crippen molar-refractivity contribution in [3.63, 3.8) is 0 Å². The zero-order chi connectivity index (χ0) is 18.6. The molecule has 25 heavy (non-hydrogen) atoms. The Morgan fingerprint density at radius 1 is 1.24 bits per heavy atom. The van der Waals surface area contributed by atoms with Crippen LogP contribution in [0.3, 0.4) is 0 Å². The van der Waals surface area contributed by atoms with E-state index < -0.39 is 11.9 Å². The third kappa shape index (κ3) is 4.37. The number of aromatic nitrogens is 3. The molecule has 0 fully saturated rings. The van der Waals surface area contributed by atoms with Gasteiger partial charge in [0.1, 0.15) is 0 Å². The first-order chi connectivity index (χ1) is 11.9. The summed E-state index contributed by atoms with van der Waals surface area (Å²) >= 11 is 5.91. The van der Waals surface area contributed by atoms with Gasteiger partial charge in [0.2, 0.25) is 0 Å². The van der Waals surface area contributed by atoms with Gasteiger partial charge in [-0.1, -0.05) is 24.2 Å². The number of pyridine rings is 1. The van der Waals surface area contributed by atoms with E-state index in [9.17, 15) is 13.2 Å². The van der Waals surface area contributed by atoms with Crippen molar-refractivity contribution in [1.82, 2.24) is 14.8 Å². The Bertz CT molecular complexity index is 890. The summed E-state index contributed by atoms with van der Waals surface area (Å²) in [6.07, 6.45) is -1.59. The quantitative estimate of drug-likeness (QED) is 0.744. The predicted molar refractivity (Wildman–Crippen MR) is 91.3 cm³/mol. The van der Waals surface area contributed by atoms with E-state index in [2.05, 4.69) is 16.7 Å². The molecule has 0 radical (unpaired) electrons. The van der Waals surface area contributed by atoms with E-state index in [4.69, 9.17) is 16.7 Å². The van der Waals surface area contributed by atoms with Crippen LogP contribution < -0.4 is 0 Å². The summed E-state index contributed by atoms with van der Waals surface area (Å²) in [6.45, 7) is 3.73. The molecule has 1 aromatic carbocycles. The Morgan fingerprint density at radius 2 is 1.96 bits per heavy atom. The summed E-state index contributed by atoms with van der Waals surface area (Å²) in [5.74, 6) is 0. The summed E-state index contributed by atoms with van der Waals surface area (Å²) in [7, 11) is 1.00. The van der Waals surface area contributed by atoms with E-state index in [1.165, 1.54) is 10.8 Å². The fraction of sp³-hybridized carbons (Fsp3) is 0.176. The van der Waals surface area contributed by atoms with E-state index in [-0.39, 0.29) is 6.54 Å². The first-order valence-corrected chi connectivity index (χ1v) is 7.51. The molecule has 3 aromatic rings. The Balaban J connectivity index is 0.00000109. The molecule has 0 saturated heterocycles. The standard InChI is InChI=1S/C16H11ClF3N3.CH4O/c1-2-13-7-15(16(18,19)20)22-23(13)9-10-3-4-14-11(5-10)6-12(17)8-21-14;1-2/h2-8H,1,9H2;2H,1H3. The highest BCUT2D eigenvalue weighted by Crippen LogP contribution is 2.29. The molecule has 0 aliphatic heterocycles. The molecule has 0 atom stereocenters. The second kappa shape index (κ2) is 7.67. The SMILES string of the molecule is C=Cc1cc(C(F)(F)F)nn1Cc1ccc2ncc(Cl)cc2c1.CO. The van der Waals surface area contributed by atoms with Gasteiger partial charge in [0.05, 0.1) is 22.8 Å². The van der Waals surface area contributed by atoms with Gasteiger partial charge in [-0.15, -0.1) is 0 Å². The molecule has 2 heterocycles. The van der Waals surface area contributed by atoms with Crippen LogP contribution in [0.25, 0.3) is 17.0 Å². The van der Waals surface area contributed by atoms with Crippen molar-refractivity contribution in [3.8, 4) is 0 Å². The maximum absolute atomic E-state index is 12.8. The number of benzene rings is 1. The summed E-state index contributed by atoms with van der Waals surface area (Å²) in [6, 6.07) is 8.16. The van der Waals surface area contributed by atoms with Gasteiger partial charge in [0, 0.05) is 18.7 Å². The molecule has 0 bridgehead atoms. The minimum Gasteiger partial charge on any atom is -0.400 e. The number of aliphatic hydroxyl groups excluding tert-OH is 1. The third-order valence-corrected chi connectivity index (χ3v) is 3.56. The van der Waals surface area contributed by atoms with E-state index in [0.717, 1.165) is 29.6 Å². The van der Waals surface area contributed by atoms with Crippen molar-refractivity contribution in [2.45, 2.75) is 12.7 Å². The van der Waals surface area contributed by atoms with Crippen LogP contribution in [0, 0.1) is 0 Å². The second-order valence-electron chi connectivity index (χ2n) is 4.99. The van der Waals surface area contributed by atoms with Crippen LogP contribution in [0.4, 0.5) is 13.2 Å². The average Bonchev–Trinajstić information content (AvgIpc) is 2.99. The van der Waals surface area contributed by atoms with Crippen LogP contribution in [-0.2, 0) is 12.7 Å². The zero-order valence-electron chi connectivity index (χ0n) is 13.3. The highest BCUT2D eigenvalue weighted by atomic mass is 35.5. The second-order valence-corrected chi connectivity index (χ2v) is 5.43. The Labute approximate surface area is 147 Å². The summed E-state index contributed by atoms with van der Waals surface area (Å²) < 4.78 is 39.6. The fourth-order valence-electron chi connectivity index (χ4n) is 2.29. The number of aliphatic hydroxyl groups is 1. The average molecular weight is 370 g/mol. The van der Waals surface area contributed by atoms with Crippen LogP contribution in [0.15, 0.2) is 43.1 Å². The lowest BCUT2D eigenvalue weighted by Gasteiger charge is -2.07. The van der Waals surface area contributed by atoms with Gasteiger partial charge in [-0.3, -0.25) is 9.67 Å². The molecule has 4 nitrogen and oxygen atoms in total. The summed E-state index contributed by atoms with van der Waals surface area (Å²) in [5.41, 5.74) is 0.930. The zero-order valence-corrected chi connectivity index (χ0v) is 14.0. The normalized spacial score (nSPS) is 11.1. The molecule has 0 spiro atoms. The summed E-state index contributed by atoms with van der Waals surface area (Å²) in [4.78, 5) is 4.18. The number of hydrogen-bond donors (Lipinski definition) is 1. The largest absolute Gasteiger partial charge is 0.435 e. The van der Waals surface area contributed by atoms with Crippen molar-refractivity contribution < 1.29 is 18.3 Å². The number of fused-ring (bicyclic) bond motifs is 1. The van der Waals surface area contributed by atoms with Gasteiger partial charge in [0.25, 0.3) is 0 Å². The number of halogens is 4. The van der Waals surface area contributed by atoms with Crippen LogP contribution >= 0.6 is 11.6 Å². The number of hydrogen-bond acceptors (Lipinski definition) is 3. The van der Waals surface area contributed by atoms with Crippen molar-refractivity contribution >= 4 is 28.6 Å². The molecule has 2 aromatic heterocycles. The van der Waals surface area contributed by atoms with Crippen molar-refractivity contribution in [3.05, 3.63) is 65.1 Å². The van der Waals surface area contributed by atoms with E-state index in [0.29, 0.717) is 10.7 Å². The van der Waals surface area contributed by atoms with Crippen molar-refractivity contribution in [1.29, 1.82) is 0 Å². The minimum absolute atomic E-state index is 0.194. The fourth-order valence-corrected chi connectivity index (χ4v) is 2.45. The first-order valence-electron chi connectivity index (χ1n) is 7.13. The topological polar surface area (TPSA) is 50.9 Å². The van der Waals surface area contributed by atoms with E-state index >= 15 is 0 Å². The number of nitrogens with zero attached hydrogens (tertiary/aromatic N) is 3. The van der Waals surface area contributed by atoms with Crippen LogP contribution in [0.1, 0.15) is 17.0 Å². The van der Waals surface area contributed by atoms with Crippen molar-refractivity contribution in [2.24, 2.45) is 0 Å². The molecular formula is C17H15ClF3N3O. The summed E-state index contributed by atoms with van der Waals surface area (Å²) in [5, 5.41) is 11.9. The van der Waals surface area contributed by atoms with Gasteiger partial charge >= 0.3 is 6.18 Å². The molecule has 0 aliphatic rings. The highest BCUT2D eigenvalue weighted by molar-refractivity contribution is 6.31. The van der Waals surface area contributed by atoms with E-state index in [1.54, 1.807) is 24.4 Å². The molecule has 0 unspecified atom stereocenters. The van der Waals surface area contributed by atoms with Crippen LogP contribution in [0.2, 0.25) is 5.02 Å². The Kier molecular flexibility index (Phi) is 5.81. The van der Waals surface area contributed by atoms with Gasteiger partial charge in [-0.05, 0) is 35.9 Å². The molecule has 0 saturated carbocycles. The first kappa shape index (κ1) is 19.0. The van der Waals surface area contributed by atoms with Gasteiger partial charge in [-0.2, -0.15) is 18.3 Å². The number of alkyl halides is 3. The highest BCUT2D eigenvalue weighted by Gasteiger charge is 2.34. The van der Waals surface area contributed by atoms with Gasteiger partial charge in [-0.25, -0.2) is 0 Å². The van der Waals surface area contributed by atoms with Gasteiger partial charge in [0.15, 0.2) is 5.69 Å². The lowest BCUT2D eigenvalue weighted by molar-refractivity contribution is -0.141. The maximum Gasteiger partial charge on any atom is 0.435 e. The molecule has 132 valence electrons. The molecule has 8 heteroatoms. The van der Waals surface area contributed by atoms with E-state index in [1.807, 2.05) is 6.07 Å². The molecule has 1 N–H and O–H groups in total. The third-order valence-electron chi connectivity index (χ3n) is 3.36. The van der Waals surface area contributed by atoms with Crippen molar-refractivity contribution in [2.75, 3.05) is 7.11 Å². The molecule has 0 amide bonds. The van der Waals surface area contributed by atoms with Crippen LogP contribution in [-0.4, -0.2) is 27.0 Å². The maximum atomic E-state index is 12.8. The minimum atomic E-state index is -4.48. The molecule has 3 rings (SSSR count).